The Kier molecular flexibility index (Phi) is 35.5. The lowest BCUT2D eigenvalue weighted by Crippen LogP contribution is -1.83. The predicted molar refractivity (Wildman–Crippen MR) is 363 cm³/mol. The summed E-state index contributed by atoms with van der Waals surface area (Å²) >= 11 is 0. The molecule has 0 aromatic heterocycles. The second kappa shape index (κ2) is 41.0. The van der Waals surface area contributed by atoms with Crippen LogP contribution < -0.4 is 0 Å². The van der Waals surface area contributed by atoms with Crippen LogP contribution >= 0.6 is 0 Å². The van der Waals surface area contributed by atoms with E-state index in [-0.39, 0.29) is 0 Å². The maximum atomic E-state index is 2.24. The van der Waals surface area contributed by atoms with E-state index in [0.717, 1.165) is 19.3 Å². The summed E-state index contributed by atoms with van der Waals surface area (Å²) < 4.78 is 0. The van der Waals surface area contributed by atoms with E-state index in [0.29, 0.717) is 5.92 Å². The Morgan fingerprint density at radius 2 is 0.753 bits per heavy atom. The lowest BCUT2D eigenvalue weighted by Gasteiger charge is -2.01. The van der Waals surface area contributed by atoms with E-state index in [1.807, 2.05) is 6.07 Å². The minimum atomic E-state index is 0.659. The zero-order valence-electron chi connectivity index (χ0n) is 53.9. The summed E-state index contributed by atoms with van der Waals surface area (Å²) in [5.74, 6) is 0.659. The molecule has 0 aliphatic heterocycles. The van der Waals surface area contributed by atoms with Crippen LogP contribution in [0.4, 0.5) is 0 Å². The van der Waals surface area contributed by atoms with Gasteiger partial charge < -0.3 is 0 Å². The molecular formula is C81H106. The minimum Gasteiger partial charge on any atom is -0.0651 e. The van der Waals surface area contributed by atoms with E-state index in [2.05, 4.69) is 331 Å². The molecule has 1 aliphatic carbocycles. The SMILES string of the molecule is CC(C)c1ccccc1.CCCc1ccccc1.CCc1ccc(C)cc1.CCc1cccc(C)c1.CCc1ccccc1C.Cc1cc(C)cc(C)c1.Cc1ccc(C)c(C)c1.Cc1cccc(C)c1C.c1ccc2c(c1)CCC2. The van der Waals surface area contributed by atoms with Crippen LogP contribution in [0.25, 0.3) is 0 Å². The lowest BCUT2D eigenvalue weighted by molar-refractivity contribution is 0.867. The van der Waals surface area contributed by atoms with Gasteiger partial charge >= 0.3 is 0 Å². The van der Waals surface area contributed by atoms with E-state index in [4.69, 9.17) is 0 Å². The highest BCUT2D eigenvalue weighted by Crippen LogP contribution is 2.20. The molecule has 0 heteroatoms. The van der Waals surface area contributed by atoms with Crippen LogP contribution in [0, 0.1) is 83.1 Å². The van der Waals surface area contributed by atoms with Gasteiger partial charge in [0.05, 0.1) is 0 Å². The molecule has 0 bridgehead atoms. The lowest BCUT2D eigenvalue weighted by atomic mass is 10.0. The molecule has 0 nitrogen and oxygen atoms in total. The van der Waals surface area contributed by atoms with Crippen LogP contribution in [0.3, 0.4) is 0 Å². The predicted octanol–water partition coefficient (Wildman–Crippen LogP) is 23.1. The fourth-order valence-corrected chi connectivity index (χ4v) is 9.04. The fourth-order valence-electron chi connectivity index (χ4n) is 9.04. The minimum absolute atomic E-state index is 0.659. The molecule has 0 saturated heterocycles. The summed E-state index contributed by atoms with van der Waals surface area (Å²) in [6.07, 6.45) is 9.84. The third-order valence-electron chi connectivity index (χ3n) is 14.4. The largest absolute Gasteiger partial charge is 0.0651 e. The average Bonchev–Trinajstić information content (AvgIpc) is 3.95. The molecule has 1 aliphatic rings. The van der Waals surface area contributed by atoms with Crippen molar-refractivity contribution in [3.8, 4) is 0 Å². The monoisotopic (exact) mass is 1080 g/mol. The van der Waals surface area contributed by atoms with Gasteiger partial charge in [-0.3, -0.25) is 0 Å². The molecule has 0 amide bonds. The van der Waals surface area contributed by atoms with Crippen molar-refractivity contribution in [2.75, 3.05) is 0 Å². The first-order valence-electron chi connectivity index (χ1n) is 30.2. The van der Waals surface area contributed by atoms with Crippen LogP contribution in [0.2, 0.25) is 0 Å². The molecule has 0 fully saturated rings. The van der Waals surface area contributed by atoms with Crippen molar-refractivity contribution in [1.29, 1.82) is 0 Å². The van der Waals surface area contributed by atoms with Crippen molar-refractivity contribution < 1.29 is 0 Å². The highest BCUT2D eigenvalue weighted by Gasteiger charge is 2.07. The summed E-state index contributed by atoms with van der Waals surface area (Å²) in [4.78, 5) is 0. The normalized spacial score (nSPS) is 10.3. The van der Waals surface area contributed by atoms with Gasteiger partial charge in [0.15, 0.2) is 0 Å². The molecule has 0 N–H and O–H groups in total. The highest BCUT2D eigenvalue weighted by molar-refractivity contribution is 5.33. The highest BCUT2D eigenvalue weighted by atomic mass is 14.1. The van der Waals surface area contributed by atoms with Crippen molar-refractivity contribution in [3.05, 3.63) is 318 Å². The first kappa shape index (κ1) is 70.1. The van der Waals surface area contributed by atoms with Crippen molar-refractivity contribution >= 4 is 0 Å². The van der Waals surface area contributed by atoms with Crippen LogP contribution in [0.5, 0.6) is 0 Å². The average molecular weight is 1080 g/mol. The second-order valence-electron chi connectivity index (χ2n) is 22.2. The van der Waals surface area contributed by atoms with Crippen molar-refractivity contribution in [3.63, 3.8) is 0 Å². The molecule has 10 rings (SSSR count). The summed E-state index contributed by atoms with van der Waals surface area (Å²) in [6.45, 7) is 38.7. The molecule has 0 unspecified atom stereocenters. The quantitative estimate of drug-likeness (QED) is 0.156. The summed E-state index contributed by atoms with van der Waals surface area (Å²) in [5, 5.41) is 0. The van der Waals surface area contributed by atoms with Crippen molar-refractivity contribution in [1.82, 2.24) is 0 Å². The molecule has 0 radical (unpaired) electrons. The summed E-state index contributed by atoms with van der Waals surface area (Å²) in [5.41, 5.74) is 26.7. The number of rotatable bonds is 6. The van der Waals surface area contributed by atoms with Gasteiger partial charge in [0, 0.05) is 0 Å². The molecule has 430 valence electrons. The zero-order chi connectivity index (χ0) is 60.0. The summed E-state index contributed by atoms with van der Waals surface area (Å²) in [6, 6.07) is 75.0. The molecule has 0 atom stereocenters. The third kappa shape index (κ3) is 31.0. The van der Waals surface area contributed by atoms with Crippen LogP contribution in [-0.4, -0.2) is 0 Å². The van der Waals surface area contributed by atoms with Gasteiger partial charge in [0.1, 0.15) is 0 Å². The smallest absolute Gasteiger partial charge is 0.0219 e. The number of fused-ring (bicyclic) bond motifs is 1. The Morgan fingerprint density at radius 3 is 1.16 bits per heavy atom. The van der Waals surface area contributed by atoms with Gasteiger partial charge in [-0.1, -0.05) is 294 Å². The Balaban J connectivity index is 0.000000311. The zero-order valence-corrected chi connectivity index (χ0v) is 53.9. The van der Waals surface area contributed by atoms with E-state index in [9.17, 15) is 0 Å². The topological polar surface area (TPSA) is 0 Å². The van der Waals surface area contributed by atoms with Gasteiger partial charge in [-0.15, -0.1) is 0 Å². The van der Waals surface area contributed by atoms with Gasteiger partial charge in [-0.25, -0.2) is 0 Å². The first-order valence-corrected chi connectivity index (χ1v) is 30.2. The van der Waals surface area contributed by atoms with Gasteiger partial charge in [0.2, 0.25) is 0 Å². The molecule has 9 aromatic carbocycles. The standard InChI is InChI=1S/C9H10.8C9H12/c1-2-5-9-7-3-6-8(9)4-1;1-7-4-8(2)6-9(3)5-7;1-7-4-5-8(2)9(3)6-7;1-7-5-4-6-8(2)9(7)3;1-8(2)9-6-4-3-5-7-9;1-3-9-6-4-8(2)5-7-9;1-3-9-6-4-5-8(2)7-9;1-3-9-7-5-4-6-8(9)2;1-2-6-9-7-4-3-5-8-9/h1-2,4-5H,3,6-7H2;3*4-6H,1-3H3;3-8H,1-2H3;3*4-7H,3H2,1-2H3;3-5,7-8H,2,6H2,1H3. The Morgan fingerprint density at radius 1 is 0.309 bits per heavy atom. The first-order chi connectivity index (χ1) is 38.8. The Hall–Kier alpha value is -7.02. The Labute approximate surface area is 497 Å². The van der Waals surface area contributed by atoms with E-state index in [1.54, 1.807) is 11.1 Å². The third-order valence-corrected chi connectivity index (χ3v) is 14.4. The number of hydrogen-bond acceptors (Lipinski definition) is 0. The van der Waals surface area contributed by atoms with Crippen molar-refractivity contribution in [2.24, 2.45) is 0 Å². The van der Waals surface area contributed by atoms with E-state index >= 15 is 0 Å². The van der Waals surface area contributed by atoms with Crippen molar-refractivity contribution in [2.45, 2.75) is 182 Å². The Bertz CT molecular complexity index is 2940. The van der Waals surface area contributed by atoms with Gasteiger partial charge in [0.25, 0.3) is 0 Å². The van der Waals surface area contributed by atoms with E-state index < -0.39 is 0 Å². The van der Waals surface area contributed by atoms with Crippen LogP contribution in [-0.2, 0) is 38.5 Å². The van der Waals surface area contributed by atoms with Gasteiger partial charge in [-0.05, 0) is 206 Å². The van der Waals surface area contributed by atoms with Crippen LogP contribution in [0.15, 0.2) is 212 Å². The van der Waals surface area contributed by atoms with Crippen LogP contribution in [0.1, 0.15) is 166 Å². The molecule has 0 saturated carbocycles. The summed E-state index contributed by atoms with van der Waals surface area (Å²) in [7, 11) is 0. The molecule has 0 spiro atoms. The number of hydrogen-bond donors (Lipinski definition) is 0. The second-order valence-corrected chi connectivity index (χ2v) is 22.2. The fraction of sp³-hybridized carbons (Fsp3) is 0.333. The maximum absolute atomic E-state index is 2.24. The molecule has 0 heterocycles. The maximum Gasteiger partial charge on any atom is -0.0219 e. The van der Waals surface area contributed by atoms with Gasteiger partial charge in [-0.2, -0.15) is 0 Å². The molecular weight excluding hydrogens is 973 g/mol. The molecule has 81 heavy (non-hydrogen) atoms. The van der Waals surface area contributed by atoms with E-state index in [1.165, 1.54) is 127 Å². The molecule has 9 aromatic rings. The number of aryl methyl sites for hydroxylation is 17. The number of benzene rings is 9.